The molecule has 0 aliphatic carbocycles. The Hall–Kier alpha value is -2.58. The van der Waals surface area contributed by atoms with E-state index in [1.54, 1.807) is 13.0 Å². The van der Waals surface area contributed by atoms with E-state index in [4.69, 9.17) is 21.6 Å². The lowest BCUT2D eigenvalue weighted by molar-refractivity contribution is 0.0602. The fourth-order valence-corrected chi connectivity index (χ4v) is 2.16. The van der Waals surface area contributed by atoms with Crippen molar-refractivity contribution in [3.63, 3.8) is 0 Å². The van der Waals surface area contributed by atoms with Gasteiger partial charge in [0, 0.05) is 5.69 Å². The Balaban J connectivity index is 2.52. The molecule has 0 saturated heterocycles. The molecule has 0 fully saturated rings. The molecule has 0 spiro atoms. The molecule has 0 atom stereocenters. The third kappa shape index (κ3) is 3.18. The predicted molar refractivity (Wildman–Crippen MR) is 81.9 cm³/mol. The molecule has 1 N–H and O–H groups in total. The fraction of sp³-hybridized carbons (Fsp3) is 0.125. The minimum Gasteiger partial charge on any atom is -0.465 e. The van der Waals surface area contributed by atoms with Crippen LogP contribution in [0, 0.1) is 24.1 Å². The minimum absolute atomic E-state index is 0.170. The molecular weight excluding hydrogens is 307 g/mol. The molecule has 0 amide bonds. The molecule has 22 heavy (non-hydrogen) atoms. The summed E-state index contributed by atoms with van der Waals surface area (Å²) in [7, 11) is 1.25. The first kappa shape index (κ1) is 15.8. The average Bonchev–Trinajstić information content (AvgIpc) is 2.49. The predicted octanol–water partition coefficient (Wildman–Crippen LogP) is 4.19. The number of nitrogens with zero attached hydrogens (tertiary/aromatic N) is 1. The van der Waals surface area contributed by atoms with Crippen molar-refractivity contribution in [3.8, 4) is 6.07 Å². The number of nitrogens with one attached hydrogen (secondary N) is 1. The highest BCUT2D eigenvalue weighted by Gasteiger charge is 2.16. The number of hydrogen-bond acceptors (Lipinski definition) is 4. The SMILES string of the molecule is COC(=O)c1cc(C#N)c(Cl)cc1Nc1ccc(F)cc1C. The highest BCUT2D eigenvalue weighted by Crippen LogP contribution is 2.29. The summed E-state index contributed by atoms with van der Waals surface area (Å²) in [6, 6.07) is 8.96. The molecule has 0 aliphatic heterocycles. The summed E-state index contributed by atoms with van der Waals surface area (Å²) in [5, 5.41) is 12.2. The zero-order valence-electron chi connectivity index (χ0n) is 11.9. The second-order valence-corrected chi connectivity index (χ2v) is 4.97. The van der Waals surface area contributed by atoms with E-state index >= 15 is 0 Å². The molecule has 4 nitrogen and oxygen atoms in total. The van der Waals surface area contributed by atoms with E-state index in [9.17, 15) is 9.18 Å². The Labute approximate surface area is 132 Å². The number of hydrogen-bond donors (Lipinski definition) is 1. The standard InChI is InChI=1S/C16H12ClFN2O2/c1-9-5-11(18)3-4-14(9)20-15-7-13(17)10(8-19)6-12(15)16(21)22-2/h3-7,20H,1-2H3. The molecule has 0 bridgehead atoms. The number of halogens is 2. The number of rotatable bonds is 3. The first-order valence-corrected chi connectivity index (χ1v) is 6.69. The molecule has 0 radical (unpaired) electrons. The second kappa shape index (κ2) is 6.46. The van der Waals surface area contributed by atoms with Crippen LogP contribution < -0.4 is 5.32 Å². The van der Waals surface area contributed by atoms with Crippen LogP contribution in [0.1, 0.15) is 21.5 Å². The van der Waals surface area contributed by atoms with E-state index in [2.05, 4.69) is 5.32 Å². The van der Waals surface area contributed by atoms with Gasteiger partial charge in [0.2, 0.25) is 0 Å². The van der Waals surface area contributed by atoms with Gasteiger partial charge in [0.25, 0.3) is 0 Å². The molecule has 2 aromatic rings. The zero-order chi connectivity index (χ0) is 16.3. The largest absolute Gasteiger partial charge is 0.465 e. The van der Waals surface area contributed by atoms with Crippen LogP contribution in [0.2, 0.25) is 5.02 Å². The van der Waals surface area contributed by atoms with Crippen molar-refractivity contribution in [2.45, 2.75) is 6.92 Å². The molecular formula is C16H12ClFN2O2. The van der Waals surface area contributed by atoms with Gasteiger partial charge in [-0.05, 0) is 42.8 Å². The van der Waals surface area contributed by atoms with Crippen LogP contribution in [-0.4, -0.2) is 13.1 Å². The lowest BCUT2D eigenvalue weighted by Crippen LogP contribution is -2.07. The normalized spacial score (nSPS) is 9.95. The van der Waals surface area contributed by atoms with Crippen LogP contribution in [0.25, 0.3) is 0 Å². The molecule has 6 heteroatoms. The van der Waals surface area contributed by atoms with E-state index in [0.717, 1.165) is 0 Å². The first-order chi connectivity index (χ1) is 10.5. The molecule has 2 rings (SSSR count). The molecule has 0 unspecified atom stereocenters. The van der Waals surface area contributed by atoms with Gasteiger partial charge in [-0.15, -0.1) is 0 Å². The topological polar surface area (TPSA) is 62.1 Å². The van der Waals surface area contributed by atoms with Gasteiger partial charge in [0.1, 0.15) is 11.9 Å². The van der Waals surface area contributed by atoms with Crippen molar-refractivity contribution in [3.05, 3.63) is 57.9 Å². The molecule has 0 heterocycles. The van der Waals surface area contributed by atoms with E-state index in [1.165, 1.54) is 31.4 Å². The van der Waals surface area contributed by atoms with Crippen LogP contribution in [-0.2, 0) is 4.74 Å². The first-order valence-electron chi connectivity index (χ1n) is 6.31. The molecule has 112 valence electrons. The van der Waals surface area contributed by atoms with Crippen LogP contribution in [0.15, 0.2) is 30.3 Å². The van der Waals surface area contributed by atoms with Gasteiger partial charge < -0.3 is 10.1 Å². The maximum atomic E-state index is 13.2. The van der Waals surface area contributed by atoms with E-state index < -0.39 is 5.97 Å². The van der Waals surface area contributed by atoms with Gasteiger partial charge in [-0.2, -0.15) is 5.26 Å². The third-order valence-electron chi connectivity index (χ3n) is 3.09. The van der Waals surface area contributed by atoms with Gasteiger partial charge in [-0.25, -0.2) is 9.18 Å². The number of methoxy groups -OCH3 is 1. The van der Waals surface area contributed by atoms with Crippen molar-refractivity contribution < 1.29 is 13.9 Å². The number of carbonyl (C=O) groups is 1. The number of esters is 1. The average molecular weight is 319 g/mol. The van der Waals surface area contributed by atoms with Crippen molar-refractivity contribution in [2.75, 3.05) is 12.4 Å². The monoisotopic (exact) mass is 318 g/mol. The number of ether oxygens (including phenoxy) is 1. The van der Waals surface area contributed by atoms with Gasteiger partial charge in [-0.1, -0.05) is 11.6 Å². The summed E-state index contributed by atoms with van der Waals surface area (Å²) in [5.74, 6) is -0.954. The van der Waals surface area contributed by atoms with Crippen molar-refractivity contribution >= 4 is 28.9 Å². The summed E-state index contributed by atoms with van der Waals surface area (Å²) in [6.07, 6.45) is 0. The summed E-state index contributed by atoms with van der Waals surface area (Å²) in [5.41, 5.74) is 2.00. The van der Waals surface area contributed by atoms with Crippen molar-refractivity contribution in [2.24, 2.45) is 0 Å². The van der Waals surface area contributed by atoms with Gasteiger partial charge in [0.05, 0.1) is 28.9 Å². The minimum atomic E-state index is -0.601. The number of nitriles is 1. The maximum absolute atomic E-state index is 13.2. The number of benzene rings is 2. The van der Waals surface area contributed by atoms with Gasteiger partial charge in [0.15, 0.2) is 0 Å². The quantitative estimate of drug-likeness (QED) is 0.862. The Morgan fingerprint density at radius 1 is 1.32 bits per heavy atom. The lowest BCUT2D eigenvalue weighted by atomic mass is 10.1. The van der Waals surface area contributed by atoms with Gasteiger partial charge >= 0.3 is 5.97 Å². The Morgan fingerprint density at radius 3 is 2.64 bits per heavy atom. The molecule has 0 aromatic heterocycles. The Bertz CT molecular complexity index is 784. The summed E-state index contributed by atoms with van der Waals surface area (Å²) in [4.78, 5) is 11.9. The highest BCUT2D eigenvalue weighted by atomic mass is 35.5. The zero-order valence-corrected chi connectivity index (χ0v) is 12.7. The lowest BCUT2D eigenvalue weighted by Gasteiger charge is -2.14. The Kier molecular flexibility index (Phi) is 4.64. The van der Waals surface area contributed by atoms with Crippen LogP contribution >= 0.6 is 11.6 Å². The summed E-state index contributed by atoms with van der Waals surface area (Å²) < 4.78 is 17.9. The van der Waals surface area contributed by atoms with Crippen molar-refractivity contribution in [1.82, 2.24) is 0 Å². The summed E-state index contributed by atoms with van der Waals surface area (Å²) >= 11 is 6.01. The molecule has 0 saturated carbocycles. The highest BCUT2D eigenvalue weighted by molar-refractivity contribution is 6.32. The number of anilines is 2. The second-order valence-electron chi connectivity index (χ2n) is 4.57. The smallest absolute Gasteiger partial charge is 0.340 e. The molecule has 0 aliphatic rings. The third-order valence-corrected chi connectivity index (χ3v) is 3.40. The van der Waals surface area contributed by atoms with E-state index in [0.29, 0.717) is 16.9 Å². The number of aryl methyl sites for hydroxylation is 1. The van der Waals surface area contributed by atoms with E-state index in [-0.39, 0.29) is 22.0 Å². The number of carbonyl (C=O) groups excluding carboxylic acids is 1. The molecule has 2 aromatic carbocycles. The van der Waals surface area contributed by atoms with Gasteiger partial charge in [-0.3, -0.25) is 0 Å². The fourth-order valence-electron chi connectivity index (χ4n) is 1.95. The van der Waals surface area contributed by atoms with Crippen LogP contribution in [0.3, 0.4) is 0 Å². The van der Waals surface area contributed by atoms with Crippen LogP contribution in [0.4, 0.5) is 15.8 Å². The Morgan fingerprint density at radius 2 is 2.05 bits per heavy atom. The van der Waals surface area contributed by atoms with Crippen LogP contribution in [0.5, 0.6) is 0 Å². The maximum Gasteiger partial charge on any atom is 0.340 e. The van der Waals surface area contributed by atoms with E-state index in [1.807, 2.05) is 6.07 Å². The summed E-state index contributed by atoms with van der Waals surface area (Å²) in [6.45, 7) is 1.73. The van der Waals surface area contributed by atoms with Crippen molar-refractivity contribution in [1.29, 1.82) is 5.26 Å².